The van der Waals surface area contributed by atoms with Gasteiger partial charge >= 0.3 is 5.97 Å². The zero-order chi connectivity index (χ0) is 20.1. The van der Waals surface area contributed by atoms with E-state index in [4.69, 9.17) is 0 Å². The molecule has 0 spiro atoms. The number of rotatable bonds is 5. The summed E-state index contributed by atoms with van der Waals surface area (Å²) >= 11 is 0. The van der Waals surface area contributed by atoms with Gasteiger partial charge in [-0.05, 0) is 54.4 Å². The van der Waals surface area contributed by atoms with Crippen LogP contribution >= 0.6 is 0 Å². The summed E-state index contributed by atoms with van der Waals surface area (Å²) < 4.78 is 6.11. The fourth-order valence-corrected chi connectivity index (χ4v) is 2.80. The molecule has 0 atom stereocenters. The Morgan fingerprint density at radius 2 is 1.79 bits per heavy atom. The number of ether oxygens (including phenoxy) is 1. The summed E-state index contributed by atoms with van der Waals surface area (Å²) in [6.45, 7) is 2.18. The van der Waals surface area contributed by atoms with Gasteiger partial charge in [-0.3, -0.25) is 14.2 Å². The second-order valence-electron chi connectivity index (χ2n) is 6.31. The summed E-state index contributed by atoms with van der Waals surface area (Å²) in [7, 11) is 1.32. The summed E-state index contributed by atoms with van der Waals surface area (Å²) in [6.07, 6.45) is 1.64. The number of nitrogens with one attached hydrogen (secondary N) is 1. The van der Waals surface area contributed by atoms with Gasteiger partial charge in [0.25, 0.3) is 11.5 Å². The number of benzene rings is 2. The van der Waals surface area contributed by atoms with E-state index in [1.54, 1.807) is 36.5 Å². The smallest absolute Gasteiger partial charge is 0.337 e. The van der Waals surface area contributed by atoms with Gasteiger partial charge in [-0.15, -0.1) is 0 Å². The van der Waals surface area contributed by atoms with E-state index in [1.165, 1.54) is 17.7 Å². The van der Waals surface area contributed by atoms with E-state index >= 15 is 0 Å². The Balaban J connectivity index is 1.75. The first kappa shape index (κ1) is 19.1. The number of methoxy groups -OCH3 is 1. The first-order valence-electron chi connectivity index (χ1n) is 8.74. The van der Waals surface area contributed by atoms with Crippen LogP contribution < -0.4 is 10.9 Å². The molecule has 0 aliphatic carbocycles. The first-order valence-corrected chi connectivity index (χ1v) is 8.74. The van der Waals surface area contributed by atoms with E-state index in [1.807, 2.05) is 31.2 Å². The summed E-state index contributed by atoms with van der Waals surface area (Å²) in [4.78, 5) is 36.7. The van der Waals surface area contributed by atoms with E-state index in [2.05, 4.69) is 10.1 Å². The largest absolute Gasteiger partial charge is 0.465 e. The highest BCUT2D eigenvalue weighted by Gasteiger charge is 2.13. The standard InChI is InChI=1S/C22H20N2O4/c1-15-5-3-6-18(13-15)24-12-4-7-19(21(24)26)20(25)23-14-16-8-10-17(11-9-16)22(27)28-2/h3-13H,14H2,1-2H3,(H,23,25). The molecule has 1 aromatic heterocycles. The molecule has 1 heterocycles. The summed E-state index contributed by atoms with van der Waals surface area (Å²) in [5, 5.41) is 2.74. The van der Waals surface area contributed by atoms with Gasteiger partial charge in [-0.1, -0.05) is 24.3 Å². The van der Waals surface area contributed by atoms with Crippen molar-refractivity contribution in [2.75, 3.05) is 7.11 Å². The lowest BCUT2D eigenvalue weighted by Crippen LogP contribution is -2.32. The minimum absolute atomic E-state index is 0.0650. The fraction of sp³-hybridized carbons (Fsp3) is 0.136. The minimum Gasteiger partial charge on any atom is -0.465 e. The Hall–Kier alpha value is -3.67. The van der Waals surface area contributed by atoms with Crippen LogP contribution in [0.15, 0.2) is 71.7 Å². The first-order chi connectivity index (χ1) is 13.5. The molecule has 3 aromatic rings. The SMILES string of the molecule is COC(=O)c1ccc(CNC(=O)c2cccn(-c3cccc(C)c3)c2=O)cc1. The fourth-order valence-electron chi connectivity index (χ4n) is 2.80. The third-order valence-electron chi connectivity index (χ3n) is 4.30. The molecule has 0 fully saturated rings. The lowest BCUT2D eigenvalue weighted by atomic mass is 10.1. The number of hydrogen-bond acceptors (Lipinski definition) is 4. The van der Waals surface area contributed by atoms with Gasteiger partial charge in [0.2, 0.25) is 0 Å². The molecule has 2 aromatic carbocycles. The number of carbonyl (C=O) groups is 2. The van der Waals surface area contributed by atoms with Crippen LogP contribution in [0.3, 0.4) is 0 Å². The third kappa shape index (κ3) is 4.17. The molecule has 28 heavy (non-hydrogen) atoms. The average molecular weight is 376 g/mol. The van der Waals surface area contributed by atoms with Gasteiger partial charge < -0.3 is 10.1 Å². The summed E-state index contributed by atoms with van der Waals surface area (Å²) in [5.41, 5.74) is 2.65. The van der Waals surface area contributed by atoms with Crippen LogP contribution in [-0.4, -0.2) is 23.6 Å². The molecule has 0 unspecified atom stereocenters. The van der Waals surface area contributed by atoms with Gasteiger partial charge in [0.05, 0.1) is 12.7 Å². The van der Waals surface area contributed by atoms with Crippen molar-refractivity contribution in [3.63, 3.8) is 0 Å². The van der Waals surface area contributed by atoms with Crippen molar-refractivity contribution in [1.29, 1.82) is 0 Å². The number of hydrogen-bond donors (Lipinski definition) is 1. The number of amides is 1. The predicted octanol–water partition coefficient (Wildman–Crippen LogP) is 2.86. The normalized spacial score (nSPS) is 10.4. The summed E-state index contributed by atoms with van der Waals surface area (Å²) in [6, 6.07) is 17.4. The minimum atomic E-state index is -0.455. The Bertz CT molecular complexity index is 1070. The van der Waals surface area contributed by atoms with Crippen molar-refractivity contribution in [3.8, 4) is 5.69 Å². The molecule has 0 radical (unpaired) electrons. The van der Waals surface area contributed by atoms with Crippen LogP contribution in [0, 0.1) is 6.92 Å². The molecule has 0 saturated heterocycles. The van der Waals surface area contributed by atoms with Crippen LogP contribution in [-0.2, 0) is 11.3 Å². The van der Waals surface area contributed by atoms with E-state index in [0.29, 0.717) is 11.3 Å². The second kappa shape index (κ2) is 8.35. The third-order valence-corrected chi connectivity index (χ3v) is 4.30. The van der Waals surface area contributed by atoms with E-state index in [9.17, 15) is 14.4 Å². The molecule has 3 rings (SSSR count). The summed E-state index contributed by atoms with van der Waals surface area (Å²) in [5.74, 6) is -0.874. The molecule has 0 saturated carbocycles. The zero-order valence-electron chi connectivity index (χ0n) is 15.6. The topological polar surface area (TPSA) is 77.4 Å². The zero-order valence-corrected chi connectivity index (χ0v) is 15.6. The van der Waals surface area contributed by atoms with Gasteiger partial charge in [0.15, 0.2) is 0 Å². The lowest BCUT2D eigenvalue weighted by Gasteiger charge is -2.10. The van der Waals surface area contributed by atoms with Crippen LogP contribution in [0.2, 0.25) is 0 Å². The van der Waals surface area contributed by atoms with Crippen molar-refractivity contribution >= 4 is 11.9 Å². The maximum atomic E-state index is 12.7. The Kier molecular flexibility index (Phi) is 5.69. The molecule has 0 bridgehead atoms. The highest BCUT2D eigenvalue weighted by atomic mass is 16.5. The van der Waals surface area contributed by atoms with Crippen molar-refractivity contribution in [3.05, 3.63) is 99.5 Å². The van der Waals surface area contributed by atoms with E-state index in [0.717, 1.165) is 11.1 Å². The van der Waals surface area contributed by atoms with Crippen LogP contribution in [0.5, 0.6) is 0 Å². The molecular weight excluding hydrogens is 356 g/mol. The number of aryl methyl sites for hydroxylation is 1. The molecule has 6 heteroatoms. The second-order valence-corrected chi connectivity index (χ2v) is 6.31. The lowest BCUT2D eigenvalue weighted by molar-refractivity contribution is 0.0600. The van der Waals surface area contributed by atoms with Crippen molar-refractivity contribution in [2.24, 2.45) is 0 Å². The number of carbonyl (C=O) groups excluding carboxylic acids is 2. The highest BCUT2D eigenvalue weighted by Crippen LogP contribution is 2.09. The van der Waals surface area contributed by atoms with Gasteiger partial charge in [-0.2, -0.15) is 0 Å². The van der Waals surface area contributed by atoms with Gasteiger partial charge in [-0.25, -0.2) is 4.79 Å². The molecule has 1 N–H and O–H groups in total. The van der Waals surface area contributed by atoms with Crippen LogP contribution in [0.4, 0.5) is 0 Å². The maximum Gasteiger partial charge on any atom is 0.337 e. The highest BCUT2D eigenvalue weighted by molar-refractivity contribution is 5.93. The quantitative estimate of drug-likeness (QED) is 0.695. The Morgan fingerprint density at radius 3 is 2.46 bits per heavy atom. The van der Waals surface area contributed by atoms with Crippen molar-refractivity contribution in [1.82, 2.24) is 9.88 Å². The van der Waals surface area contributed by atoms with Gasteiger partial charge in [0, 0.05) is 18.4 Å². The van der Waals surface area contributed by atoms with E-state index in [-0.39, 0.29) is 17.7 Å². The van der Waals surface area contributed by atoms with Gasteiger partial charge in [0.1, 0.15) is 5.56 Å². The van der Waals surface area contributed by atoms with Crippen LogP contribution in [0.25, 0.3) is 5.69 Å². The predicted molar refractivity (Wildman–Crippen MR) is 106 cm³/mol. The Labute approximate surface area is 162 Å². The van der Waals surface area contributed by atoms with Crippen LogP contribution in [0.1, 0.15) is 31.8 Å². The maximum absolute atomic E-state index is 12.7. The molecule has 0 aliphatic rings. The molecule has 0 aliphatic heterocycles. The number of nitrogens with zero attached hydrogens (tertiary/aromatic N) is 1. The Morgan fingerprint density at radius 1 is 1.04 bits per heavy atom. The molecule has 1 amide bonds. The van der Waals surface area contributed by atoms with Crippen molar-refractivity contribution in [2.45, 2.75) is 13.5 Å². The molecule has 142 valence electrons. The molecule has 6 nitrogen and oxygen atoms in total. The number of pyridine rings is 1. The number of esters is 1. The number of aromatic nitrogens is 1. The van der Waals surface area contributed by atoms with E-state index < -0.39 is 11.9 Å². The average Bonchev–Trinajstić information content (AvgIpc) is 2.72. The monoisotopic (exact) mass is 376 g/mol. The van der Waals surface area contributed by atoms with Crippen molar-refractivity contribution < 1.29 is 14.3 Å². The molecular formula is C22H20N2O4.